The van der Waals surface area contributed by atoms with Crippen LogP contribution < -0.4 is 0 Å². The van der Waals surface area contributed by atoms with Crippen LogP contribution in [0.15, 0.2) is 18.2 Å². The van der Waals surface area contributed by atoms with Crippen LogP contribution in [0.4, 0.5) is 0 Å². The fourth-order valence-electron chi connectivity index (χ4n) is 3.12. The van der Waals surface area contributed by atoms with Gasteiger partial charge in [-0.2, -0.15) is 0 Å². The summed E-state index contributed by atoms with van der Waals surface area (Å²) in [5.41, 5.74) is 3.43. The van der Waals surface area contributed by atoms with Crippen molar-refractivity contribution in [3.8, 4) is 0 Å². The quantitative estimate of drug-likeness (QED) is 0.758. The van der Waals surface area contributed by atoms with Gasteiger partial charge in [-0.15, -0.1) is 0 Å². The molecule has 124 valence electrons. The SMILES string of the molecule is Cc1ccc(C(O)CN2CCC(OCCCO)CC2)c(C)c1. The van der Waals surface area contributed by atoms with E-state index in [4.69, 9.17) is 9.84 Å². The Morgan fingerprint density at radius 2 is 2.00 bits per heavy atom. The normalized spacial score (nSPS) is 18.5. The summed E-state index contributed by atoms with van der Waals surface area (Å²) >= 11 is 0. The van der Waals surface area contributed by atoms with Crippen molar-refractivity contribution in [1.29, 1.82) is 0 Å². The Hall–Kier alpha value is -0.940. The number of nitrogens with zero attached hydrogens (tertiary/aromatic N) is 1. The Kier molecular flexibility index (Phi) is 6.83. The van der Waals surface area contributed by atoms with Gasteiger partial charge in [-0.1, -0.05) is 23.8 Å². The van der Waals surface area contributed by atoms with Crippen LogP contribution in [0.25, 0.3) is 0 Å². The molecule has 1 fully saturated rings. The van der Waals surface area contributed by atoms with E-state index in [0.717, 1.165) is 37.1 Å². The Labute approximate surface area is 133 Å². The Morgan fingerprint density at radius 3 is 2.64 bits per heavy atom. The second kappa shape index (κ2) is 8.63. The maximum absolute atomic E-state index is 10.5. The molecule has 0 radical (unpaired) electrons. The molecule has 1 unspecified atom stereocenters. The van der Waals surface area contributed by atoms with Gasteiger partial charge in [0.2, 0.25) is 0 Å². The molecule has 2 rings (SSSR count). The minimum Gasteiger partial charge on any atom is -0.396 e. The zero-order valence-electron chi connectivity index (χ0n) is 13.8. The molecule has 0 aliphatic carbocycles. The Balaban J connectivity index is 1.78. The number of piperidine rings is 1. The minimum atomic E-state index is -0.424. The standard InChI is InChI=1S/C18H29NO3/c1-14-4-5-17(15(2)12-14)18(21)13-19-8-6-16(7-9-19)22-11-3-10-20/h4-5,12,16,18,20-21H,3,6-11,13H2,1-2H3. The first-order valence-corrected chi connectivity index (χ1v) is 8.30. The van der Waals surface area contributed by atoms with E-state index in [1.165, 1.54) is 5.56 Å². The number of rotatable bonds is 7. The van der Waals surface area contributed by atoms with Crippen LogP contribution >= 0.6 is 0 Å². The van der Waals surface area contributed by atoms with E-state index in [9.17, 15) is 5.11 Å². The monoisotopic (exact) mass is 307 g/mol. The average molecular weight is 307 g/mol. The summed E-state index contributed by atoms with van der Waals surface area (Å²) in [6.07, 6.45) is 2.61. The predicted octanol–water partition coefficient (Wildman–Crippen LogP) is 2.20. The van der Waals surface area contributed by atoms with Crippen molar-refractivity contribution in [3.05, 3.63) is 34.9 Å². The second-order valence-corrected chi connectivity index (χ2v) is 6.32. The van der Waals surface area contributed by atoms with E-state index >= 15 is 0 Å². The van der Waals surface area contributed by atoms with Crippen molar-refractivity contribution in [1.82, 2.24) is 4.90 Å². The third-order valence-electron chi connectivity index (χ3n) is 4.41. The summed E-state index contributed by atoms with van der Waals surface area (Å²) in [5, 5.41) is 19.3. The van der Waals surface area contributed by atoms with Crippen LogP contribution in [0.2, 0.25) is 0 Å². The van der Waals surface area contributed by atoms with E-state index < -0.39 is 6.10 Å². The van der Waals surface area contributed by atoms with Gasteiger partial charge in [0.05, 0.1) is 12.2 Å². The predicted molar refractivity (Wildman–Crippen MR) is 88.0 cm³/mol. The second-order valence-electron chi connectivity index (χ2n) is 6.32. The van der Waals surface area contributed by atoms with Crippen molar-refractivity contribution in [2.24, 2.45) is 0 Å². The lowest BCUT2D eigenvalue weighted by molar-refractivity contribution is -0.00654. The number of benzene rings is 1. The lowest BCUT2D eigenvalue weighted by Crippen LogP contribution is -2.39. The number of aliphatic hydroxyl groups is 2. The molecule has 1 heterocycles. The van der Waals surface area contributed by atoms with Crippen molar-refractivity contribution in [2.45, 2.75) is 45.3 Å². The third-order valence-corrected chi connectivity index (χ3v) is 4.41. The molecule has 1 saturated heterocycles. The van der Waals surface area contributed by atoms with Gasteiger partial charge in [-0.25, -0.2) is 0 Å². The summed E-state index contributed by atoms with van der Waals surface area (Å²) in [7, 11) is 0. The summed E-state index contributed by atoms with van der Waals surface area (Å²) in [4.78, 5) is 2.32. The van der Waals surface area contributed by atoms with Crippen LogP contribution in [-0.2, 0) is 4.74 Å². The molecule has 1 atom stereocenters. The number of likely N-dealkylation sites (tertiary alicyclic amines) is 1. The Morgan fingerprint density at radius 1 is 1.27 bits per heavy atom. The first-order chi connectivity index (χ1) is 10.6. The summed E-state index contributed by atoms with van der Waals surface area (Å²) in [5.74, 6) is 0. The molecule has 1 aliphatic heterocycles. The average Bonchev–Trinajstić information content (AvgIpc) is 2.49. The molecule has 0 bridgehead atoms. The highest BCUT2D eigenvalue weighted by Crippen LogP contribution is 2.22. The number of ether oxygens (including phenoxy) is 1. The van der Waals surface area contributed by atoms with Gasteiger partial charge in [0.15, 0.2) is 0 Å². The first-order valence-electron chi connectivity index (χ1n) is 8.30. The van der Waals surface area contributed by atoms with Crippen LogP contribution in [0.3, 0.4) is 0 Å². The van der Waals surface area contributed by atoms with Crippen molar-refractivity contribution in [3.63, 3.8) is 0 Å². The maximum atomic E-state index is 10.5. The minimum absolute atomic E-state index is 0.195. The molecule has 0 amide bonds. The van der Waals surface area contributed by atoms with Crippen LogP contribution in [0.1, 0.15) is 42.1 Å². The van der Waals surface area contributed by atoms with Gasteiger partial charge in [-0.3, -0.25) is 0 Å². The summed E-state index contributed by atoms with van der Waals surface area (Å²) < 4.78 is 5.74. The summed E-state index contributed by atoms with van der Waals surface area (Å²) in [6, 6.07) is 6.23. The highest BCUT2D eigenvalue weighted by molar-refractivity contribution is 5.32. The molecule has 4 heteroatoms. The molecule has 0 aromatic heterocycles. The van der Waals surface area contributed by atoms with Crippen molar-refractivity contribution in [2.75, 3.05) is 32.8 Å². The molecular formula is C18H29NO3. The molecule has 2 N–H and O–H groups in total. The van der Waals surface area contributed by atoms with Crippen LogP contribution in [-0.4, -0.2) is 54.1 Å². The van der Waals surface area contributed by atoms with Crippen molar-refractivity contribution >= 4 is 0 Å². The van der Waals surface area contributed by atoms with E-state index in [1.54, 1.807) is 0 Å². The first kappa shape index (κ1) is 17.4. The Bertz CT molecular complexity index is 456. The number of aliphatic hydroxyl groups excluding tert-OH is 2. The molecule has 0 spiro atoms. The number of hydrogen-bond acceptors (Lipinski definition) is 4. The molecular weight excluding hydrogens is 278 g/mol. The van der Waals surface area contributed by atoms with E-state index in [-0.39, 0.29) is 6.61 Å². The van der Waals surface area contributed by atoms with Gasteiger partial charge >= 0.3 is 0 Å². The van der Waals surface area contributed by atoms with E-state index in [1.807, 2.05) is 6.07 Å². The molecule has 1 aromatic carbocycles. The zero-order valence-corrected chi connectivity index (χ0v) is 13.8. The fraction of sp³-hybridized carbons (Fsp3) is 0.667. The lowest BCUT2D eigenvalue weighted by Gasteiger charge is -2.33. The van der Waals surface area contributed by atoms with Crippen LogP contribution in [0.5, 0.6) is 0 Å². The highest BCUT2D eigenvalue weighted by Gasteiger charge is 2.22. The fourth-order valence-corrected chi connectivity index (χ4v) is 3.12. The molecule has 22 heavy (non-hydrogen) atoms. The lowest BCUT2D eigenvalue weighted by atomic mass is 10.00. The van der Waals surface area contributed by atoms with Gasteiger partial charge in [-0.05, 0) is 44.2 Å². The van der Waals surface area contributed by atoms with Gasteiger partial charge < -0.3 is 19.8 Å². The van der Waals surface area contributed by atoms with Crippen LogP contribution in [0, 0.1) is 13.8 Å². The van der Waals surface area contributed by atoms with E-state index in [2.05, 4.69) is 30.9 Å². The number of hydrogen-bond donors (Lipinski definition) is 2. The maximum Gasteiger partial charge on any atom is 0.0919 e. The smallest absolute Gasteiger partial charge is 0.0919 e. The van der Waals surface area contributed by atoms with Crippen molar-refractivity contribution < 1.29 is 14.9 Å². The topological polar surface area (TPSA) is 52.9 Å². The number of aryl methyl sites for hydroxylation is 2. The molecule has 1 aliphatic rings. The molecule has 4 nitrogen and oxygen atoms in total. The third kappa shape index (κ3) is 5.06. The van der Waals surface area contributed by atoms with E-state index in [0.29, 0.717) is 25.7 Å². The number of β-amino-alcohol motifs (C(OH)–C–C–N with tert-alkyl or cyclic N) is 1. The zero-order chi connectivity index (χ0) is 15.9. The van der Waals surface area contributed by atoms with Gasteiger partial charge in [0.1, 0.15) is 0 Å². The largest absolute Gasteiger partial charge is 0.396 e. The van der Waals surface area contributed by atoms with Gasteiger partial charge in [0.25, 0.3) is 0 Å². The summed E-state index contributed by atoms with van der Waals surface area (Å²) in [6.45, 7) is 7.59. The molecule has 1 aromatic rings. The van der Waals surface area contributed by atoms with Gasteiger partial charge in [0, 0.05) is 32.8 Å². The molecule has 0 saturated carbocycles. The highest BCUT2D eigenvalue weighted by atomic mass is 16.5.